The van der Waals surface area contributed by atoms with Gasteiger partial charge in [-0.05, 0) is 38.1 Å². The van der Waals surface area contributed by atoms with Crippen LogP contribution in [-0.2, 0) is 0 Å². The van der Waals surface area contributed by atoms with Crippen LogP contribution in [-0.4, -0.2) is 26.5 Å². The highest BCUT2D eigenvalue weighted by atomic mass is 35.5. The molecule has 1 N–H and O–H groups in total. The lowest BCUT2D eigenvalue weighted by molar-refractivity contribution is 0.0897. The minimum atomic E-state index is -0.243. The van der Waals surface area contributed by atoms with E-state index >= 15 is 0 Å². The number of methoxy groups -OCH3 is 1. The van der Waals surface area contributed by atoms with Crippen molar-refractivity contribution in [1.82, 2.24) is 5.32 Å². The van der Waals surface area contributed by atoms with Crippen molar-refractivity contribution >= 4 is 17.4 Å². The largest absolute Gasteiger partial charge is 0.496 e. The van der Waals surface area contributed by atoms with E-state index in [0.29, 0.717) is 22.9 Å². The molecule has 0 aliphatic heterocycles. The van der Waals surface area contributed by atoms with Gasteiger partial charge < -0.3 is 10.1 Å². The average molecular weight is 254 g/mol. The summed E-state index contributed by atoms with van der Waals surface area (Å²) in [6.07, 6.45) is 1.87. The summed E-state index contributed by atoms with van der Waals surface area (Å²) in [6.45, 7) is 0.710. The fourth-order valence-corrected chi connectivity index (χ4v) is 2.29. The fraction of sp³-hybridized carbons (Fsp3) is 0.462. The molecule has 1 saturated carbocycles. The lowest BCUT2D eigenvalue weighted by Crippen LogP contribution is -2.28. The minimum Gasteiger partial charge on any atom is -0.496 e. The Bertz CT molecular complexity index is 441. The molecule has 1 aliphatic rings. The summed E-state index contributed by atoms with van der Waals surface area (Å²) in [5.41, 5.74) is 0.347. The van der Waals surface area contributed by atoms with E-state index in [1.54, 1.807) is 25.3 Å². The van der Waals surface area contributed by atoms with Gasteiger partial charge in [-0.3, -0.25) is 4.79 Å². The van der Waals surface area contributed by atoms with Crippen LogP contribution in [0.1, 0.15) is 23.2 Å². The molecule has 1 fully saturated rings. The first-order chi connectivity index (χ1) is 8.13. The third kappa shape index (κ3) is 2.31. The summed E-state index contributed by atoms with van der Waals surface area (Å²) in [5.74, 6) is 0.730. The molecule has 1 aliphatic carbocycles. The van der Waals surface area contributed by atoms with Gasteiger partial charge in [0.2, 0.25) is 0 Å². The smallest absolute Gasteiger partial charge is 0.174 e. The van der Waals surface area contributed by atoms with Crippen LogP contribution in [0, 0.1) is 5.41 Å². The van der Waals surface area contributed by atoms with Gasteiger partial charge in [-0.25, -0.2) is 0 Å². The number of Topliss-reactive ketones (excluding diaryl/α,β-unsaturated/α-hetero) is 1. The Kier molecular flexibility index (Phi) is 3.40. The van der Waals surface area contributed by atoms with Crippen molar-refractivity contribution in [3.63, 3.8) is 0 Å². The Hall–Kier alpha value is -1.06. The second-order valence-corrected chi connectivity index (χ2v) is 4.92. The molecule has 0 amide bonds. The second-order valence-electron chi connectivity index (χ2n) is 4.48. The van der Waals surface area contributed by atoms with E-state index in [1.165, 1.54) is 0 Å². The Morgan fingerprint density at radius 2 is 2.24 bits per heavy atom. The zero-order valence-electron chi connectivity index (χ0n) is 10.0. The first-order valence-electron chi connectivity index (χ1n) is 5.66. The van der Waals surface area contributed by atoms with Crippen molar-refractivity contribution in [2.24, 2.45) is 5.41 Å². The standard InChI is InChI=1S/C13H16ClNO2/c1-15-8-13(5-6-13)12(16)10-7-9(14)3-4-11(10)17-2/h3-4,7,15H,5-6,8H2,1-2H3. The summed E-state index contributed by atoms with van der Waals surface area (Å²) in [5, 5.41) is 3.64. The highest BCUT2D eigenvalue weighted by Crippen LogP contribution is 2.48. The van der Waals surface area contributed by atoms with Gasteiger partial charge in [0.25, 0.3) is 0 Å². The van der Waals surface area contributed by atoms with Crippen LogP contribution in [0.2, 0.25) is 5.02 Å². The van der Waals surface area contributed by atoms with Crippen molar-refractivity contribution in [2.75, 3.05) is 20.7 Å². The van der Waals surface area contributed by atoms with Gasteiger partial charge in [-0.2, -0.15) is 0 Å². The van der Waals surface area contributed by atoms with E-state index in [2.05, 4.69) is 5.32 Å². The molecular formula is C13H16ClNO2. The number of halogens is 1. The number of ether oxygens (including phenoxy) is 1. The molecule has 4 heteroatoms. The molecule has 0 radical (unpaired) electrons. The predicted molar refractivity (Wildman–Crippen MR) is 67.9 cm³/mol. The lowest BCUT2D eigenvalue weighted by atomic mass is 9.94. The van der Waals surface area contributed by atoms with Crippen LogP contribution >= 0.6 is 11.6 Å². The van der Waals surface area contributed by atoms with E-state index in [0.717, 1.165) is 12.8 Å². The van der Waals surface area contributed by atoms with Crippen LogP contribution in [0.15, 0.2) is 18.2 Å². The summed E-state index contributed by atoms with van der Waals surface area (Å²) < 4.78 is 5.22. The Labute approximate surface area is 106 Å². The van der Waals surface area contributed by atoms with Gasteiger partial charge in [-0.15, -0.1) is 0 Å². The molecular weight excluding hydrogens is 238 g/mol. The number of hydrogen-bond acceptors (Lipinski definition) is 3. The molecule has 1 aromatic rings. The predicted octanol–water partition coefficient (Wildman–Crippen LogP) is 2.53. The van der Waals surface area contributed by atoms with Crippen LogP contribution in [0.3, 0.4) is 0 Å². The quantitative estimate of drug-likeness (QED) is 0.820. The molecule has 1 aromatic carbocycles. The van der Waals surface area contributed by atoms with Crippen molar-refractivity contribution in [3.05, 3.63) is 28.8 Å². The molecule has 0 spiro atoms. The zero-order valence-corrected chi connectivity index (χ0v) is 10.8. The van der Waals surface area contributed by atoms with E-state index < -0.39 is 0 Å². The second kappa shape index (κ2) is 4.67. The van der Waals surface area contributed by atoms with Crippen LogP contribution < -0.4 is 10.1 Å². The lowest BCUT2D eigenvalue weighted by Gasteiger charge is -2.15. The van der Waals surface area contributed by atoms with Crippen molar-refractivity contribution < 1.29 is 9.53 Å². The van der Waals surface area contributed by atoms with Crippen LogP contribution in [0.25, 0.3) is 0 Å². The van der Waals surface area contributed by atoms with Crippen molar-refractivity contribution in [3.8, 4) is 5.75 Å². The molecule has 0 unspecified atom stereocenters. The van der Waals surface area contributed by atoms with E-state index in [-0.39, 0.29) is 11.2 Å². The fourth-order valence-electron chi connectivity index (χ4n) is 2.12. The monoisotopic (exact) mass is 253 g/mol. The Balaban J connectivity index is 2.33. The van der Waals surface area contributed by atoms with Gasteiger partial charge >= 0.3 is 0 Å². The summed E-state index contributed by atoms with van der Waals surface area (Å²) in [4.78, 5) is 12.5. The first kappa shape index (κ1) is 12.4. The number of rotatable bonds is 5. The Morgan fingerprint density at radius 3 is 2.76 bits per heavy atom. The Morgan fingerprint density at radius 1 is 1.53 bits per heavy atom. The minimum absolute atomic E-state index is 0.131. The van der Waals surface area contributed by atoms with Gasteiger partial charge in [0.05, 0.1) is 12.7 Å². The maximum atomic E-state index is 12.5. The molecule has 92 valence electrons. The maximum absolute atomic E-state index is 12.5. The number of nitrogens with one attached hydrogen (secondary N) is 1. The van der Waals surface area contributed by atoms with E-state index in [4.69, 9.17) is 16.3 Å². The van der Waals surface area contributed by atoms with Crippen molar-refractivity contribution in [2.45, 2.75) is 12.8 Å². The van der Waals surface area contributed by atoms with Crippen molar-refractivity contribution in [1.29, 1.82) is 0 Å². The van der Waals surface area contributed by atoms with Gasteiger partial charge in [0.15, 0.2) is 5.78 Å². The molecule has 0 bridgehead atoms. The number of carbonyl (C=O) groups excluding carboxylic acids is 1. The summed E-state index contributed by atoms with van der Waals surface area (Å²) >= 11 is 5.94. The molecule has 3 nitrogen and oxygen atoms in total. The summed E-state index contributed by atoms with van der Waals surface area (Å²) in [7, 11) is 3.43. The van der Waals surface area contributed by atoms with Gasteiger partial charge in [-0.1, -0.05) is 11.6 Å². The third-order valence-electron chi connectivity index (χ3n) is 3.26. The van der Waals surface area contributed by atoms with E-state index in [1.807, 2.05) is 7.05 Å². The molecule has 0 atom stereocenters. The molecule has 17 heavy (non-hydrogen) atoms. The number of hydrogen-bond donors (Lipinski definition) is 1. The number of carbonyl (C=O) groups is 1. The molecule has 0 aromatic heterocycles. The molecule has 0 heterocycles. The SMILES string of the molecule is CNCC1(C(=O)c2cc(Cl)ccc2OC)CC1. The van der Waals surface area contributed by atoms with Crippen LogP contribution in [0.5, 0.6) is 5.75 Å². The molecule has 2 rings (SSSR count). The number of ketones is 1. The van der Waals surface area contributed by atoms with E-state index in [9.17, 15) is 4.79 Å². The third-order valence-corrected chi connectivity index (χ3v) is 3.49. The normalized spacial score (nSPS) is 16.6. The molecule has 0 saturated heterocycles. The average Bonchev–Trinajstić information content (AvgIpc) is 3.09. The van der Waals surface area contributed by atoms with Gasteiger partial charge in [0.1, 0.15) is 5.75 Å². The zero-order chi connectivity index (χ0) is 12.5. The highest BCUT2D eigenvalue weighted by molar-refractivity contribution is 6.31. The topological polar surface area (TPSA) is 38.3 Å². The van der Waals surface area contributed by atoms with Crippen LogP contribution in [0.4, 0.5) is 0 Å². The maximum Gasteiger partial charge on any atom is 0.174 e. The van der Waals surface area contributed by atoms with Gasteiger partial charge in [0, 0.05) is 17.0 Å². The highest BCUT2D eigenvalue weighted by Gasteiger charge is 2.49. The number of benzene rings is 1. The first-order valence-corrected chi connectivity index (χ1v) is 6.04. The summed E-state index contributed by atoms with van der Waals surface area (Å²) in [6, 6.07) is 5.16.